The van der Waals surface area contributed by atoms with E-state index in [-0.39, 0.29) is 18.1 Å². The van der Waals surface area contributed by atoms with Crippen molar-refractivity contribution in [2.75, 3.05) is 38.1 Å². The fraction of sp³-hybridized carbons (Fsp3) is 0.440. The second-order valence-electron chi connectivity index (χ2n) is 8.66. The van der Waals surface area contributed by atoms with Crippen molar-refractivity contribution >= 4 is 23.2 Å². The van der Waals surface area contributed by atoms with E-state index in [4.69, 9.17) is 21.6 Å². The first-order chi connectivity index (χ1) is 15.5. The molecule has 4 rings (SSSR count). The average molecular weight is 453 g/mol. The van der Waals surface area contributed by atoms with Crippen LogP contribution in [0.5, 0.6) is 5.75 Å². The van der Waals surface area contributed by atoms with Crippen molar-refractivity contribution in [3.05, 3.63) is 58.6 Å². The van der Waals surface area contributed by atoms with E-state index >= 15 is 0 Å². The van der Waals surface area contributed by atoms with E-state index in [0.717, 1.165) is 51.9 Å². The number of carbonyl (C=O) groups excluding carboxylic acids is 1. The minimum absolute atomic E-state index is 0.0156. The zero-order valence-corrected chi connectivity index (χ0v) is 19.1. The van der Waals surface area contributed by atoms with Crippen LogP contribution in [0.2, 0.25) is 5.02 Å². The summed E-state index contributed by atoms with van der Waals surface area (Å²) in [6.07, 6.45) is 3.57. The van der Waals surface area contributed by atoms with Gasteiger partial charge in [0.2, 0.25) is 0 Å². The number of amides is 1. The Morgan fingerprint density at radius 2 is 1.75 bits per heavy atom. The topological polar surface area (TPSA) is 68.6 Å². The normalized spacial score (nSPS) is 21.6. The van der Waals surface area contributed by atoms with Gasteiger partial charge in [0.25, 0.3) is 5.91 Å². The van der Waals surface area contributed by atoms with Crippen LogP contribution in [0.1, 0.15) is 41.6 Å². The van der Waals surface area contributed by atoms with Crippen LogP contribution in [0.15, 0.2) is 42.5 Å². The van der Waals surface area contributed by atoms with Crippen LogP contribution < -0.4 is 15.0 Å². The van der Waals surface area contributed by atoms with Gasteiger partial charge in [-0.05, 0) is 69.1 Å². The number of rotatable bonds is 5. The Balaban J connectivity index is 1.24. The molecule has 6 nitrogen and oxygen atoms in total. The highest BCUT2D eigenvalue weighted by atomic mass is 35.5. The lowest BCUT2D eigenvalue weighted by atomic mass is 9.92. The van der Waals surface area contributed by atoms with E-state index in [9.17, 15) is 4.79 Å². The molecule has 0 bridgehead atoms. The number of anilines is 1. The smallest absolute Gasteiger partial charge is 0.251 e. The summed E-state index contributed by atoms with van der Waals surface area (Å²) in [5.74, 6) is 0.667. The van der Waals surface area contributed by atoms with Crippen molar-refractivity contribution < 1.29 is 9.53 Å². The number of nitrogens with one attached hydrogen (secondary N) is 1. The minimum atomic E-state index is -0.0156. The number of nitriles is 1. The first kappa shape index (κ1) is 22.4. The molecule has 0 unspecified atom stereocenters. The second kappa shape index (κ2) is 10.2. The number of likely N-dealkylation sites (N-methyl/N-ethyl adjacent to an activating group) is 1. The molecule has 1 heterocycles. The van der Waals surface area contributed by atoms with Crippen molar-refractivity contribution in [3.8, 4) is 11.8 Å². The van der Waals surface area contributed by atoms with Gasteiger partial charge in [0.15, 0.2) is 0 Å². The van der Waals surface area contributed by atoms with E-state index in [1.807, 2.05) is 24.3 Å². The van der Waals surface area contributed by atoms with Crippen LogP contribution in [0.25, 0.3) is 0 Å². The first-order valence-electron chi connectivity index (χ1n) is 11.2. The zero-order valence-electron chi connectivity index (χ0n) is 18.4. The summed E-state index contributed by atoms with van der Waals surface area (Å²) in [6, 6.07) is 15.3. The van der Waals surface area contributed by atoms with Crippen LogP contribution in [-0.4, -0.2) is 56.2 Å². The van der Waals surface area contributed by atoms with Gasteiger partial charge in [-0.3, -0.25) is 4.79 Å². The molecule has 0 radical (unpaired) electrons. The molecule has 1 aliphatic heterocycles. The molecule has 1 aliphatic carbocycles. The molecule has 2 fully saturated rings. The van der Waals surface area contributed by atoms with Gasteiger partial charge < -0.3 is 19.9 Å². The van der Waals surface area contributed by atoms with Crippen LogP contribution in [-0.2, 0) is 0 Å². The lowest BCUT2D eigenvalue weighted by Crippen LogP contribution is -2.44. The maximum atomic E-state index is 12.7. The molecule has 2 aromatic carbocycles. The third-order valence-electron chi connectivity index (χ3n) is 6.37. The monoisotopic (exact) mass is 452 g/mol. The Kier molecular flexibility index (Phi) is 7.19. The fourth-order valence-electron chi connectivity index (χ4n) is 4.33. The van der Waals surface area contributed by atoms with Crippen LogP contribution >= 0.6 is 11.6 Å². The van der Waals surface area contributed by atoms with Gasteiger partial charge in [-0.2, -0.15) is 5.26 Å². The van der Waals surface area contributed by atoms with E-state index in [1.165, 1.54) is 5.69 Å². The van der Waals surface area contributed by atoms with Crippen molar-refractivity contribution in [1.29, 1.82) is 5.26 Å². The van der Waals surface area contributed by atoms with Crippen LogP contribution in [0.4, 0.5) is 5.69 Å². The predicted molar refractivity (Wildman–Crippen MR) is 126 cm³/mol. The number of benzene rings is 2. The van der Waals surface area contributed by atoms with Crippen molar-refractivity contribution in [1.82, 2.24) is 10.2 Å². The number of nitrogens with zero attached hydrogens (tertiary/aromatic N) is 3. The summed E-state index contributed by atoms with van der Waals surface area (Å²) in [5.41, 5.74) is 2.32. The number of carbonyl (C=O) groups is 1. The molecule has 2 aromatic rings. The Morgan fingerprint density at radius 3 is 2.38 bits per heavy atom. The standard InChI is InChI=1S/C25H29ClN4O2/c1-29-12-14-30(15-13-29)21-7-2-18(3-8-21)25(31)28-20-5-10-22(11-6-20)32-23-9-4-19(17-27)24(26)16-23/h2-4,7-9,16,20,22H,5-6,10-15H2,1H3,(H,28,31). The molecule has 0 atom stereocenters. The lowest BCUT2D eigenvalue weighted by molar-refractivity contribution is 0.0894. The maximum absolute atomic E-state index is 12.7. The molecule has 2 aliphatic rings. The summed E-state index contributed by atoms with van der Waals surface area (Å²) in [5, 5.41) is 12.6. The van der Waals surface area contributed by atoms with E-state index < -0.39 is 0 Å². The number of halogens is 1. The highest BCUT2D eigenvalue weighted by molar-refractivity contribution is 6.31. The predicted octanol–water partition coefficient (Wildman–Crippen LogP) is 4.08. The Labute approximate surface area is 194 Å². The van der Waals surface area contributed by atoms with Gasteiger partial charge in [0.05, 0.1) is 16.7 Å². The van der Waals surface area contributed by atoms with Gasteiger partial charge in [-0.15, -0.1) is 0 Å². The molecule has 0 spiro atoms. The highest BCUT2D eigenvalue weighted by Crippen LogP contribution is 2.27. The van der Waals surface area contributed by atoms with Crippen molar-refractivity contribution in [3.63, 3.8) is 0 Å². The highest BCUT2D eigenvalue weighted by Gasteiger charge is 2.24. The molecule has 0 aromatic heterocycles. The van der Waals surface area contributed by atoms with Crippen molar-refractivity contribution in [2.24, 2.45) is 0 Å². The van der Waals surface area contributed by atoms with Gasteiger partial charge in [-0.25, -0.2) is 0 Å². The summed E-state index contributed by atoms with van der Waals surface area (Å²) in [7, 11) is 2.15. The molecular weight excluding hydrogens is 424 g/mol. The Bertz CT molecular complexity index is 972. The molecule has 168 valence electrons. The summed E-state index contributed by atoms with van der Waals surface area (Å²) >= 11 is 6.09. The largest absolute Gasteiger partial charge is 0.490 e. The maximum Gasteiger partial charge on any atom is 0.251 e. The molecular formula is C25H29ClN4O2. The van der Waals surface area contributed by atoms with Gasteiger partial charge in [0.1, 0.15) is 11.8 Å². The van der Waals surface area contributed by atoms with Crippen LogP contribution in [0.3, 0.4) is 0 Å². The van der Waals surface area contributed by atoms with E-state index in [1.54, 1.807) is 18.2 Å². The molecule has 1 saturated carbocycles. The SMILES string of the molecule is CN1CCN(c2ccc(C(=O)NC3CCC(Oc4ccc(C#N)c(Cl)c4)CC3)cc2)CC1. The minimum Gasteiger partial charge on any atom is -0.490 e. The molecule has 1 saturated heterocycles. The van der Waals surface area contributed by atoms with Gasteiger partial charge >= 0.3 is 0 Å². The number of piperazine rings is 1. The number of ether oxygens (including phenoxy) is 1. The second-order valence-corrected chi connectivity index (χ2v) is 9.06. The molecule has 32 heavy (non-hydrogen) atoms. The number of hydrogen-bond acceptors (Lipinski definition) is 5. The third kappa shape index (κ3) is 5.53. The quantitative estimate of drug-likeness (QED) is 0.740. The zero-order chi connectivity index (χ0) is 22.5. The first-order valence-corrected chi connectivity index (χ1v) is 11.6. The Morgan fingerprint density at radius 1 is 1.06 bits per heavy atom. The van der Waals surface area contributed by atoms with E-state index in [2.05, 4.69) is 28.2 Å². The molecule has 1 N–H and O–H groups in total. The molecule has 1 amide bonds. The lowest BCUT2D eigenvalue weighted by Gasteiger charge is -2.34. The Hall–Kier alpha value is -2.75. The summed E-state index contributed by atoms with van der Waals surface area (Å²) < 4.78 is 6.04. The van der Waals surface area contributed by atoms with Crippen LogP contribution in [0, 0.1) is 11.3 Å². The van der Waals surface area contributed by atoms with Gasteiger partial charge in [0, 0.05) is 49.5 Å². The van der Waals surface area contributed by atoms with Crippen molar-refractivity contribution in [2.45, 2.75) is 37.8 Å². The summed E-state index contributed by atoms with van der Waals surface area (Å²) in [6.45, 7) is 4.16. The average Bonchev–Trinajstić information content (AvgIpc) is 2.81. The number of hydrogen-bond donors (Lipinski definition) is 1. The third-order valence-corrected chi connectivity index (χ3v) is 6.68. The van der Waals surface area contributed by atoms with E-state index in [0.29, 0.717) is 21.9 Å². The molecule has 7 heteroatoms. The summed E-state index contributed by atoms with van der Waals surface area (Å²) in [4.78, 5) is 17.4. The fourth-order valence-corrected chi connectivity index (χ4v) is 4.55. The van der Waals surface area contributed by atoms with Gasteiger partial charge in [-0.1, -0.05) is 11.6 Å².